The molecular formula is C25H36ClF. The summed E-state index contributed by atoms with van der Waals surface area (Å²) in [5, 5.41) is 0.341. The van der Waals surface area contributed by atoms with Gasteiger partial charge in [0, 0.05) is 0 Å². The molecule has 1 fully saturated rings. The summed E-state index contributed by atoms with van der Waals surface area (Å²) in [7, 11) is 0. The summed E-state index contributed by atoms with van der Waals surface area (Å²) in [6.07, 6.45) is 17.1. The van der Waals surface area contributed by atoms with E-state index in [2.05, 4.69) is 26.0 Å². The van der Waals surface area contributed by atoms with E-state index in [1.54, 1.807) is 0 Å². The molecule has 1 unspecified atom stereocenters. The van der Waals surface area contributed by atoms with Crippen LogP contribution >= 0.6 is 11.6 Å². The molecular weight excluding hydrogens is 355 g/mol. The number of aryl methyl sites for hydroxylation is 1. The Balaban J connectivity index is 1.61. The molecule has 0 aliphatic heterocycles. The van der Waals surface area contributed by atoms with Crippen LogP contribution in [0.5, 0.6) is 0 Å². The molecule has 0 spiro atoms. The molecule has 1 aromatic carbocycles. The number of allylic oxidation sites excluding steroid dienone is 2. The molecule has 0 nitrogen and oxygen atoms in total. The summed E-state index contributed by atoms with van der Waals surface area (Å²) in [5.74, 6) is 2.51. The second-order valence-electron chi connectivity index (χ2n) is 8.84. The second-order valence-corrected chi connectivity index (χ2v) is 9.22. The monoisotopic (exact) mass is 390 g/mol. The molecule has 0 heterocycles. The van der Waals surface area contributed by atoms with Gasteiger partial charge in [-0.1, -0.05) is 75.8 Å². The van der Waals surface area contributed by atoms with E-state index in [9.17, 15) is 4.39 Å². The molecule has 0 aromatic heterocycles. The van der Waals surface area contributed by atoms with Gasteiger partial charge in [0.1, 0.15) is 5.82 Å². The molecule has 2 heteroatoms. The van der Waals surface area contributed by atoms with Crippen LogP contribution in [0.25, 0.3) is 5.57 Å². The smallest absolute Gasteiger partial charge is 0.145 e. The third kappa shape index (κ3) is 5.17. The summed E-state index contributed by atoms with van der Waals surface area (Å²) in [6.45, 7) is 4.44. The number of halogens is 2. The van der Waals surface area contributed by atoms with E-state index in [4.69, 9.17) is 11.6 Å². The minimum Gasteiger partial charge on any atom is -0.205 e. The van der Waals surface area contributed by atoms with Crippen molar-refractivity contribution in [3.63, 3.8) is 0 Å². The Morgan fingerprint density at radius 1 is 1.00 bits per heavy atom. The van der Waals surface area contributed by atoms with Crippen LogP contribution in [0.2, 0.25) is 5.02 Å². The minimum atomic E-state index is -0.195. The lowest BCUT2D eigenvalue weighted by atomic mass is 9.70. The van der Waals surface area contributed by atoms with E-state index in [-0.39, 0.29) is 5.82 Å². The number of benzene rings is 1. The first-order valence-corrected chi connectivity index (χ1v) is 11.7. The van der Waals surface area contributed by atoms with Crippen molar-refractivity contribution in [3.05, 3.63) is 40.2 Å². The molecule has 0 N–H and O–H groups in total. The quantitative estimate of drug-likeness (QED) is 0.437. The summed E-state index contributed by atoms with van der Waals surface area (Å²) < 4.78 is 14.6. The fourth-order valence-electron chi connectivity index (χ4n) is 5.28. The lowest BCUT2D eigenvalue weighted by molar-refractivity contribution is 0.189. The number of hydrogen-bond donors (Lipinski definition) is 0. The van der Waals surface area contributed by atoms with Crippen molar-refractivity contribution < 1.29 is 4.39 Å². The van der Waals surface area contributed by atoms with Gasteiger partial charge in [-0.25, -0.2) is 4.39 Å². The molecule has 2 aliphatic carbocycles. The average Bonchev–Trinajstić information content (AvgIpc) is 2.70. The molecule has 0 radical (unpaired) electrons. The van der Waals surface area contributed by atoms with E-state index < -0.39 is 0 Å². The fourth-order valence-corrected chi connectivity index (χ4v) is 5.59. The maximum atomic E-state index is 14.6. The number of unbranched alkanes of at least 4 members (excludes halogenated alkanes) is 1. The summed E-state index contributed by atoms with van der Waals surface area (Å²) in [6, 6.07) is 4.01. The van der Waals surface area contributed by atoms with Gasteiger partial charge in [-0.05, 0) is 79.4 Å². The molecule has 3 rings (SSSR count). The number of hydrogen-bond acceptors (Lipinski definition) is 0. The molecule has 150 valence electrons. The topological polar surface area (TPSA) is 0 Å². The fraction of sp³-hybridized carbons (Fsp3) is 0.680. The third-order valence-corrected chi connectivity index (χ3v) is 7.38. The van der Waals surface area contributed by atoms with Gasteiger partial charge < -0.3 is 0 Å². The maximum Gasteiger partial charge on any atom is 0.145 e. The first-order valence-electron chi connectivity index (χ1n) is 11.3. The van der Waals surface area contributed by atoms with Crippen LogP contribution in [0.4, 0.5) is 4.39 Å². The molecule has 0 amide bonds. The Bertz CT molecular complexity index is 640. The van der Waals surface area contributed by atoms with Crippen LogP contribution in [0.1, 0.15) is 95.6 Å². The second kappa shape index (κ2) is 10.1. The number of rotatable bonds is 7. The highest BCUT2D eigenvalue weighted by molar-refractivity contribution is 6.32. The predicted octanol–water partition coefficient (Wildman–Crippen LogP) is 8.61. The lowest BCUT2D eigenvalue weighted by Crippen LogP contribution is -2.23. The van der Waals surface area contributed by atoms with Crippen LogP contribution in [-0.2, 0) is 6.42 Å². The Hall–Kier alpha value is -0.820. The molecule has 27 heavy (non-hydrogen) atoms. The van der Waals surface area contributed by atoms with Crippen LogP contribution in [0.3, 0.4) is 0 Å². The average molecular weight is 391 g/mol. The molecule has 0 bridgehead atoms. The molecule has 0 saturated heterocycles. The predicted molar refractivity (Wildman–Crippen MR) is 116 cm³/mol. The molecule has 1 atom stereocenters. The van der Waals surface area contributed by atoms with Crippen molar-refractivity contribution in [1.29, 1.82) is 0 Å². The van der Waals surface area contributed by atoms with E-state index in [0.29, 0.717) is 5.02 Å². The highest BCUT2D eigenvalue weighted by atomic mass is 35.5. The first-order chi connectivity index (χ1) is 13.1. The third-order valence-electron chi connectivity index (χ3n) is 7.01. The zero-order valence-corrected chi connectivity index (χ0v) is 18.0. The Morgan fingerprint density at radius 3 is 2.41 bits per heavy atom. The highest BCUT2D eigenvalue weighted by Crippen LogP contribution is 2.43. The van der Waals surface area contributed by atoms with E-state index >= 15 is 0 Å². The van der Waals surface area contributed by atoms with Gasteiger partial charge in [0.15, 0.2) is 0 Å². The van der Waals surface area contributed by atoms with Gasteiger partial charge in [-0.2, -0.15) is 0 Å². The van der Waals surface area contributed by atoms with Crippen molar-refractivity contribution >= 4 is 17.2 Å². The Labute approximate surface area is 170 Å². The summed E-state index contributed by atoms with van der Waals surface area (Å²) in [4.78, 5) is 0. The molecule has 1 saturated carbocycles. The Kier molecular flexibility index (Phi) is 7.82. The van der Waals surface area contributed by atoms with Gasteiger partial charge in [0.05, 0.1) is 5.02 Å². The minimum absolute atomic E-state index is 0.195. The summed E-state index contributed by atoms with van der Waals surface area (Å²) >= 11 is 6.43. The van der Waals surface area contributed by atoms with Crippen molar-refractivity contribution in [2.45, 2.75) is 90.9 Å². The van der Waals surface area contributed by atoms with Crippen molar-refractivity contribution in [3.8, 4) is 0 Å². The van der Waals surface area contributed by atoms with Crippen molar-refractivity contribution in [1.82, 2.24) is 0 Å². The normalized spacial score (nSPS) is 26.1. The lowest BCUT2D eigenvalue weighted by Gasteiger charge is -2.35. The summed E-state index contributed by atoms with van der Waals surface area (Å²) in [5.41, 5.74) is 2.96. The van der Waals surface area contributed by atoms with Crippen LogP contribution in [0.15, 0.2) is 18.2 Å². The van der Waals surface area contributed by atoms with E-state index in [1.165, 1.54) is 50.5 Å². The van der Waals surface area contributed by atoms with Gasteiger partial charge >= 0.3 is 0 Å². The Morgan fingerprint density at radius 2 is 1.78 bits per heavy atom. The van der Waals surface area contributed by atoms with Gasteiger partial charge in [0.2, 0.25) is 0 Å². The first kappa shape index (κ1) is 20.9. The van der Waals surface area contributed by atoms with Crippen molar-refractivity contribution in [2.75, 3.05) is 0 Å². The van der Waals surface area contributed by atoms with Crippen LogP contribution in [0, 0.1) is 23.6 Å². The maximum absolute atomic E-state index is 14.6. The van der Waals surface area contributed by atoms with Gasteiger partial charge in [-0.15, -0.1) is 0 Å². The zero-order valence-electron chi connectivity index (χ0n) is 17.2. The van der Waals surface area contributed by atoms with Crippen LogP contribution < -0.4 is 0 Å². The standard InChI is InChI=1S/C25H36ClF/c1-3-5-7-22-16-17-23(24(26)25(22)27)21-14-12-20(13-15-21)19-10-8-18(6-4-2)9-11-19/h14,16-20H,3-13,15H2,1-2H3. The van der Waals surface area contributed by atoms with Crippen LogP contribution in [-0.4, -0.2) is 0 Å². The van der Waals surface area contributed by atoms with Gasteiger partial charge in [0.25, 0.3) is 0 Å². The highest BCUT2D eigenvalue weighted by Gasteiger charge is 2.29. The van der Waals surface area contributed by atoms with Crippen molar-refractivity contribution in [2.24, 2.45) is 17.8 Å². The van der Waals surface area contributed by atoms with E-state index in [0.717, 1.165) is 61.0 Å². The molecule has 1 aromatic rings. The van der Waals surface area contributed by atoms with Gasteiger partial charge in [-0.3, -0.25) is 0 Å². The zero-order chi connectivity index (χ0) is 19.2. The SMILES string of the molecule is CCCCc1ccc(C2=CCC(C3CCC(CCC)CC3)CC2)c(Cl)c1F. The van der Waals surface area contributed by atoms with E-state index in [1.807, 2.05) is 6.07 Å². The largest absolute Gasteiger partial charge is 0.205 e. The molecule has 2 aliphatic rings.